The van der Waals surface area contributed by atoms with E-state index in [4.69, 9.17) is 4.84 Å². The van der Waals surface area contributed by atoms with Gasteiger partial charge in [-0.2, -0.15) is 0 Å². The molecule has 0 spiro atoms. The summed E-state index contributed by atoms with van der Waals surface area (Å²) in [5, 5.41) is 7.73. The number of nitrogens with zero attached hydrogens (tertiary/aromatic N) is 3. The fourth-order valence-electron chi connectivity index (χ4n) is 1.01. The highest BCUT2D eigenvalue weighted by molar-refractivity contribution is 14.1. The molecule has 0 saturated heterocycles. The Morgan fingerprint density at radius 2 is 2.33 bits per heavy atom. The molecule has 1 aromatic carbocycles. The molecule has 12 heavy (non-hydrogen) atoms. The van der Waals surface area contributed by atoms with Crippen LogP contribution < -0.4 is 4.84 Å². The zero-order chi connectivity index (χ0) is 8.55. The molecule has 0 saturated carbocycles. The molecule has 4 nitrogen and oxygen atoms in total. The third-order valence-electron chi connectivity index (χ3n) is 1.55. The van der Waals surface area contributed by atoms with E-state index in [2.05, 4.69) is 32.9 Å². The van der Waals surface area contributed by atoms with Crippen LogP contribution in [0.5, 0.6) is 0 Å². The average Bonchev–Trinajstić information content (AvgIpc) is 2.46. The summed E-state index contributed by atoms with van der Waals surface area (Å²) in [6.07, 6.45) is 0. The molecule has 62 valence electrons. The van der Waals surface area contributed by atoms with Crippen molar-refractivity contribution < 1.29 is 4.84 Å². The van der Waals surface area contributed by atoms with Crippen molar-refractivity contribution in [3.63, 3.8) is 0 Å². The van der Waals surface area contributed by atoms with E-state index < -0.39 is 0 Å². The van der Waals surface area contributed by atoms with E-state index in [1.807, 2.05) is 18.2 Å². The van der Waals surface area contributed by atoms with Crippen molar-refractivity contribution in [3.05, 3.63) is 21.8 Å². The first-order chi connectivity index (χ1) is 5.81. The fourth-order valence-corrected chi connectivity index (χ4v) is 1.49. The van der Waals surface area contributed by atoms with Gasteiger partial charge in [-0.05, 0) is 46.0 Å². The van der Waals surface area contributed by atoms with Gasteiger partial charge in [0.2, 0.25) is 0 Å². The van der Waals surface area contributed by atoms with Gasteiger partial charge in [0.05, 0.1) is 0 Å². The molecular formula is C7H6IN3O. The second-order valence-corrected chi connectivity index (χ2v) is 3.52. The molecule has 0 aliphatic rings. The quantitative estimate of drug-likeness (QED) is 0.731. The van der Waals surface area contributed by atoms with E-state index in [9.17, 15) is 0 Å². The van der Waals surface area contributed by atoms with Crippen LogP contribution in [0.1, 0.15) is 0 Å². The van der Waals surface area contributed by atoms with Crippen molar-refractivity contribution >= 4 is 33.6 Å². The number of aromatic nitrogens is 3. The molecule has 0 bridgehead atoms. The van der Waals surface area contributed by atoms with Crippen LogP contribution in [0.4, 0.5) is 0 Å². The lowest BCUT2D eigenvalue weighted by Crippen LogP contribution is -2.06. The Kier molecular flexibility index (Phi) is 1.87. The van der Waals surface area contributed by atoms with Crippen molar-refractivity contribution in [1.29, 1.82) is 0 Å². The van der Waals surface area contributed by atoms with Crippen molar-refractivity contribution in [1.82, 2.24) is 15.2 Å². The smallest absolute Gasteiger partial charge is 0.130 e. The molecule has 0 amide bonds. The summed E-state index contributed by atoms with van der Waals surface area (Å²) < 4.78 is 1.14. The van der Waals surface area contributed by atoms with Gasteiger partial charge in [-0.3, -0.25) is 0 Å². The second-order valence-electron chi connectivity index (χ2n) is 2.28. The predicted molar refractivity (Wildman–Crippen MR) is 52.7 cm³/mol. The van der Waals surface area contributed by atoms with Crippen molar-refractivity contribution in [2.24, 2.45) is 0 Å². The minimum atomic E-state index is 0.851. The Labute approximate surface area is 82.6 Å². The van der Waals surface area contributed by atoms with E-state index in [1.54, 1.807) is 7.11 Å². The van der Waals surface area contributed by atoms with Crippen molar-refractivity contribution in [2.75, 3.05) is 7.11 Å². The minimum Gasteiger partial charge on any atom is -0.398 e. The highest BCUT2D eigenvalue weighted by Crippen LogP contribution is 2.13. The number of benzene rings is 1. The molecule has 0 fully saturated rings. The Hall–Kier alpha value is -0.850. The van der Waals surface area contributed by atoms with Crippen LogP contribution in [-0.4, -0.2) is 22.3 Å². The topological polar surface area (TPSA) is 39.9 Å². The van der Waals surface area contributed by atoms with E-state index >= 15 is 0 Å². The van der Waals surface area contributed by atoms with Gasteiger partial charge in [0, 0.05) is 3.57 Å². The Morgan fingerprint density at radius 1 is 1.50 bits per heavy atom. The maximum Gasteiger partial charge on any atom is 0.130 e. The Morgan fingerprint density at radius 3 is 3.08 bits per heavy atom. The van der Waals surface area contributed by atoms with E-state index in [1.165, 1.54) is 4.85 Å². The molecule has 0 N–H and O–H groups in total. The Balaban J connectivity index is 2.73. The maximum atomic E-state index is 4.95. The molecule has 0 aliphatic carbocycles. The first-order valence-corrected chi connectivity index (χ1v) is 4.44. The van der Waals surface area contributed by atoms with E-state index in [-0.39, 0.29) is 0 Å². The third kappa shape index (κ3) is 1.13. The van der Waals surface area contributed by atoms with Crippen LogP contribution in [-0.2, 0) is 0 Å². The molecule has 0 aliphatic heterocycles. The van der Waals surface area contributed by atoms with Crippen LogP contribution in [0, 0.1) is 3.57 Å². The summed E-state index contributed by atoms with van der Waals surface area (Å²) >= 11 is 2.23. The molecule has 5 heteroatoms. The first-order valence-electron chi connectivity index (χ1n) is 3.37. The number of halogens is 1. The standard InChI is InChI=1S/C7H6IN3O/c1-12-11-7-3-2-5(8)4-6(7)9-10-11/h2-4H,1H3. The molecule has 0 radical (unpaired) electrons. The number of hydrogen-bond acceptors (Lipinski definition) is 3. The first kappa shape index (κ1) is 7.78. The van der Waals surface area contributed by atoms with Gasteiger partial charge in [-0.1, -0.05) is 4.85 Å². The molecule has 2 aromatic rings. The summed E-state index contributed by atoms with van der Waals surface area (Å²) in [4.78, 5) is 6.34. The van der Waals surface area contributed by atoms with Crippen LogP contribution >= 0.6 is 22.6 Å². The van der Waals surface area contributed by atoms with Crippen LogP contribution in [0.15, 0.2) is 18.2 Å². The van der Waals surface area contributed by atoms with Crippen LogP contribution in [0.25, 0.3) is 11.0 Å². The maximum absolute atomic E-state index is 4.95. The van der Waals surface area contributed by atoms with Crippen molar-refractivity contribution in [3.8, 4) is 0 Å². The summed E-state index contributed by atoms with van der Waals surface area (Å²) in [7, 11) is 1.56. The lowest BCUT2D eigenvalue weighted by Gasteiger charge is -1.96. The second kappa shape index (κ2) is 2.89. The largest absolute Gasteiger partial charge is 0.398 e. The normalized spacial score (nSPS) is 10.5. The van der Waals surface area contributed by atoms with Crippen LogP contribution in [0.3, 0.4) is 0 Å². The van der Waals surface area contributed by atoms with Gasteiger partial charge in [-0.25, -0.2) is 0 Å². The summed E-state index contributed by atoms with van der Waals surface area (Å²) in [5.74, 6) is 0. The SMILES string of the molecule is COn1nnc2cc(I)ccc21. The van der Waals surface area contributed by atoms with Gasteiger partial charge in [0.1, 0.15) is 18.1 Å². The molecule has 0 atom stereocenters. The summed E-state index contributed by atoms with van der Waals surface area (Å²) in [6, 6.07) is 5.88. The molecule has 0 unspecified atom stereocenters. The number of fused-ring (bicyclic) bond motifs is 1. The van der Waals surface area contributed by atoms with E-state index in [0.717, 1.165) is 14.6 Å². The molecular weight excluding hydrogens is 269 g/mol. The fraction of sp³-hybridized carbons (Fsp3) is 0.143. The van der Waals surface area contributed by atoms with Gasteiger partial charge in [0.25, 0.3) is 0 Å². The molecule has 2 rings (SSSR count). The highest BCUT2D eigenvalue weighted by Gasteiger charge is 2.02. The minimum absolute atomic E-state index is 0.851. The average molecular weight is 275 g/mol. The predicted octanol–water partition coefficient (Wildman–Crippen LogP) is 1.09. The molecule has 1 aromatic heterocycles. The Bertz CT molecular complexity index is 412. The zero-order valence-corrected chi connectivity index (χ0v) is 8.52. The summed E-state index contributed by atoms with van der Waals surface area (Å²) in [5.41, 5.74) is 1.74. The van der Waals surface area contributed by atoms with Crippen molar-refractivity contribution in [2.45, 2.75) is 0 Å². The van der Waals surface area contributed by atoms with E-state index in [0.29, 0.717) is 0 Å². The van der Waals surface area contributed by atoms with Gasteiger partial charge in [0.15, 0.2) is 0 Å². The number of rotatable bonds is 1. The third-order valence-corrected chi connectivity index (χ3v) is 2.22. The number of hydrogen-bond donors (Lipinski definition) is 0. The lowest BCUT2D eigenvalue weighted by atomic mass is 10.3. The van der Waals surface area contributed by atoms with Crippen LogP contribution in [0.2, 0.25) is 0 Å². The van der Waals surface area contributed by atoms with Gasteiger partial charge >= 0.3 is 0 Å². The zero-order valence-electron chi connectivity index (χ0n) is 6.36. The monoisotopic (exact) mass is 275 g/mol. The summed E-state index contributed by atoms with van der Waals surface area (Å²) in [6.45, 7) is 0. The molecule has 1 heterocycles. The van der Waals surface area contributed by atoms with Gasteiger partial charge < -0.3 is 4.84 Å². The lowest BCUT2D eigenvalue weighted by molar-refractivity contribution is 0.139. The van der Waals surface area contributed by atoms with Gasteiger partial charge in [-0.15, -0.1) is 5.10 Å². The highest BCUT2D eigenvalue weighted by atomic mass is 127.